The summed E-state index contributed by atoms with van der Waals surface area (Å²) in [6.07, 6.45) is 4.75. The number of urea groups is 1. The molecule has 3 N–H and O–H groups in total. The predicted molar refractivity (Wildman–Crippen MR) is 67.2 cm³/mol. The molecular formula is C13H22N2O3. The molecule has 0 aromatic rings. The zero-order valence-electron chi connectivity index (χ0n) is 11.0. The van der Waals surface area contributed by atoms with Crippen LogP contribution < -0.4 is 10.6 Å². The molecule has 2 fully saturated rings. The highest BCUT2D eigenvalue weighted by molar-refractivity contribution is 5.82. The van der Waals surface area contributed by atoms with E-state index in [9.17, 15) is 9.59 Å². The smallest absolute Gasteiger partial charge is 0.326 e. The molecule has 5 heteroatoms. The number of aliphatic carboxylic acids is 1. The molecule has 2 amide bonds. The first kappa shape index (κ1) is 13.2. The van der Waals surface area contributed by atoms with Crippen LogP contribution in [0.5, 0.6) is 0 Å². The quantitative estimate of drug-likeness (QED) is 0.673. The van der Waals surface area contributed by atoms with Gasteiger partial charge in [0.15, 0.2) is 0 Å². The van der Waals surface area contributed by atoms with Crippen LogP contribution in [-0.4, -0.2) is 29.2 Å². The minimum Gasteiger partial charge on any atom is -0.480 e. The SMILES string of the molecule is CC(C)C(NC(=O)NC(C1CC1)C1CC1)C(=O)O. The maximum absolute atomic E-state index is 11.9. The summed E-state index contributed by atoms with van der Waals surface area (Å²) in [5, 5.41) is 14.6. The zero-order chi connectivity index (χ0) is 13.3. The van der Waals surface area contributed by atoms with Crippen molar-refractivity contribution in [3.63, 3.8) is 0 Å². The third kappa shape index (κ3) is 3.37. The predicted octanol–water partition coefficient (Wildman–Crippen LogP) is 1.58. The van der Waals surface area contributed by atoms with E-state index in [0.29, 0.717) is 11.8 Å². The Balaban J connectivity index is 1.84. The van der Waals surface area contributed by atoms with Crippen molar-refractivity contribution in [2.45, 2.75) is 51.6 Å². The first-order chi connectivity index (χ1) is 8.49. The van der Waals surface area contributed by atoms with Crippen LogP contribution in [0.4, 0.5) is 4.79 Å². The van der Waals surface area contributed by atoms with E-state index < -0.39 is 12.0 Å². The average Bonchev–Trinajstić information content (AvgIpc) is 3.15. The molecular weight excluding hydrogens is 232 g/mol. The van der Waals surface area contributed by atoms with Crippen LogP contribution in [0.3, 0.4) is 0 Å². The topological polar surface area (TPSA) is 78.4 Å². The molecule has 0 bridgehead atoms. The van der Waals surface area contributed by atoms with Crippen LogP contribution in [0.2, 0.25) is 0 Å². The van der Waals surface area contributed by atoms with Crippen molar-refractivity contribution in [3.05, 3.63) is 0 Å². The van der Waals surface area contributed by atoms with Crippen molar-refractivity contribution in [1.82, 2.24) is 10.6 Å². The van der Waals surface area contributed by atoms with Gasteiger partial charge < -0.3 is 15.7 Å². The number of hydrogen-bond donors (Lipinski definition) is 3. The fourth-order valence-electron chi connectivity index (χ4n) is 2.38. The molecule has 2 aliphatic carbocycles. The van der Waals surface area contributed by atoms with Gasteiger partial charge in [0, 0.05) is 6.04 Å². The second-order valence-electron chi connectivity index (χ2n) is 5.88. The number of carbonyl (C=O) groups is 2. The Morgan fingerprint density at radius 2 is 1.56 bits per heavy atom. The van der Waals surface area contributed by atoms with Crippen molar-refractivity contribution in [1.29, 1.82) is 0 Å². The summed E-state index contributed by atoms with van der Waals surface area (Å²) in [6.45, 7) is 3.58. The highest BCUT2D eigenvalue weighted by Crippen LogP contribution is 2.44. The fourth-order valence-corrected chi connectivity index (χ4v) is 2.38. The third-order valence-corrected chi connectivity index (χ3v) is 3.78. The Labute approximate surface area is 107 Å². The van der Waals surface area contributed by atoms with Gasteiger partial charge in [0.25, 0.3) is 0 Å². The number of carboxylic acids is 1. The average molecular weight is 254 g/mol. The maximum atomic E-state index is 11.9. The molecule has 18 heavy (non-hydrogen) atoms. The molecule has 0 aromatic heterocycles. The van der Waals surface area contributed by atoms with E-state index in [1.807, 2.05) is 0 Å². The van der Waals surface area contributed by atoms with Crippen molar-refractivity contribution in [2.75, 3.05) is 0 Å². The van der Waals surface area contributed by atoms with Crippen LogP contribution >= 0.6 is 0 Å². The largest absolute Gasteiger partial charge is 0.480 e. The molecule has 2 rings (SSSR count). The summed E-state index contributed by atoms with van der Waals surface area (Å²) in [5.74, 6) is 0.138. The molecule has 1 atom stereocenters. The summed E-state index contributed by atoms with van der Waals surface area (Å²) in [7, 11) is 0. The molecule has 2 saturated carbocycles. The van der Waals surface area contributed by atoms with E-state index in [1.54, 1.807) is 13.8 Å². The van der Waals surface area contributed by atoms with Gasteiger partial charge >= 0.3 is 12.0 Å². The number of rotatable bonds is 6. The second-order valence-corrected chi connectivity index (χ2v) is 5.88. The highest BCUT2D eigenvalue weighted by Gasteiger charge is 2.42. The van der Waals surface area contributed by atoms with Crippen LogP contribution in [0.1, 0.15) is 39.5 Å². The molecule has 1 unspecified atom stereocenters. The molecule has 0 saturated heterocycles. The van der Waals surface area contributed by atoms with Gasteiger partial charge in [0.2, 0.25) is 0 Å². The Hall–Kier alpha value is -1.26. The van der Waals surface area contributed by atoms with Crippen molar-refractivity contribution < 1.29 is 14.7 Å². The maximum Gasteiger partial charge on any atom is 0.326 e. The van der Waals surface area contributed by atoms with Crippen molar-refractivity contribution >= 4 is 12.0 Å². The van der Waals surface area contributed by atoms with Gasteiger partial charge in [-0.05, 0) is 43.4 Å². The zero-order valence-corrected chi connectivity index (χ0v) is 11.0. The van der Waals surface area contributed by atoms with Gasteiger partial charge in [-0.15, -0.1) is 0 Å². The van der Waals surface area contributed by atoms with Crippen molar-refractivity contribution in [2.24, 2.45) is 17.8 Å². The molecule has 0 aliphatic heterocycles. The lowest BCUT2D eigenvalue weighted by molar-refractivity contribution is -0.140. The van der Waals surface area contributed by atoms with Crippen molar-refractivity contribution in [3.8, 4) is 0 Å². The lowest BCUT2D eigenvalue weighted by atomic mass is 10.0. The molecule has 102 valence electrons. The monoisotopic (exact) mass is 254 g/mol. The summed E-state index contributed by atoms with van der Waals surface area (Å²) in [6, 6.07) is -0.893. The minimum absolute atomic E-state index is 0.117. The third-order valence-electron chi connectivity index (χ3n) is 3.78. The van der Waals surface area contributed by atoms with Crippen LogP contribution in [-0.2, 0) is 4.79 Å². The van der Waals surface area contributed by atoms with Gasteiger partial charge in [-0.3, -0.25) is 0 Å². The Bertz CT molecular complexity index is 323. The lowest BCUT2D eigenvalue weighted by Gasteiger charge is -2.22. The van der Waals surface area contributed by atoms with Gasteiger partial charge in [0.1, 0.15) is 6.04 Å². The number of nitrogens with one attached hydrogen (secondary N) is 2. The van der Waals surface area contributed by atoms with Gasteiger partial charge in [-0.2, -0.15) is 0 Å². The summed E-state index contributed by atoms with van der Waals surface area (Å²) >= 11 is 0. The summed E-state index contributed by atoms with van der Waals surface area (Å²) in [5.41, 5.74) is 0. The van der Waals surface area contributed by atoms with E-state index >= 15 is 0 Å². The number of carbonyl (C=O) groups excluding carboxylic acids is 1. The van der Waals surface area contributed by atoms with Crippen LogP contribution in [0.15, 0.2) is 0 Å². The first-order valence-corrected chi connectivity index (χ1v) is 6.79. The fraction of sp³-hybridized carbons (Fsp3) is 0.846. The molecule has 0 heterocycles. The Kier molecular flexibility index (Phi) is 3.78. The standard InChI is InChI=1S/C13H22N2O3/c1-7(2)10(12(16)17)14-13(18)15-11(8-3-4-8)9-5-6-9/h7-11H,3-6H2,1-2H3,(H,16,17)(H2,14,15,18). The second kappa shape index (κ2) is 5.16. The van der Waals surface area contributed by atoms with Crippen LogP contribution in [0.25, 0.3) is 0 Å². The van der Waals surface area contributed by atoms with E-state index in [4.69, 9.17) is 5.11 Å². The molecule has 0 radical (unpaired) electrons. The minimum atomic E-state index is -0.977. The van der Waals surface area contributed by atoms with Gasteiger partial charge in [-0.1, -0.05) is 13.8 Å². The molecule has 5 nitrogen and oxygen atoms in total. The summed E-state index contributed by atoms with van der Waals surface area (Å²) < 4.78 is 0. The molecule has 2 aliphatic rings. The molecule has 0 spiro atoms. The first-order valence-electron chi connectivity index (χ1n) is 6.79. The Morgan fingerprint density at radius 3 is 1.89 bits per heavy atom. The number of carboxylic acid groups (broad SMARTS) is 1. The van der Waals surface area contributed by atoms with E-state index in [0.717, 1.165) is 0 Å². The Morgan fingerprint density at radius 1 is 1.06 bits per heavy atom. The van der Waals surface area contributed by atoms with E-state index in [2.05, 4.69) is 10.6 Å². The lowest BCUT2D eigenvalue weighted by Crippen LogP contribution is -2.51. The van der Waals surface area contributed by atoms with E-state index in [1.165, 1.54) is 25.7 Å². The number of hydrogen-bond acceptors (Lipinski definition) is 2. The highest BCUT2D eigenvalue weighted by atomic mass is 16.4. The van der Waals surface area contributed by atoms with Gasteiger partial charge in [-0.25, -0.2) is 9.59 Å². The summed E-state index contributed by atoms with van der Waals surface area (Å²) in [4.78, 5) is 22.9. The number of amides is 2. The van der Waals surface area contributed by atoms with E-state index in [-0.39, 0.29) is 18.0 Å². The van der Waals surface area contributed by atoms with Gasteiger partial charge in [0.05, 0.1) is 0 Å². The van der Waals surface area contributed by atoms with Crippen LogP contribution in [0, 0.1) is 17.8 Å². The normalized spacial score (nSPS) is 20.9. The molecule has 0 aromatic carbocycles.